The van der Waals surface area contributed by atoms with Crippen molar-refractivity contribution in [3.8, 4) is 0 Å². The molecule has 0 bridgehead atoms. The van der Waals surface area contributed by atoms with E-state index >= 15 is 0 Å². The fourth-order valence-electron chi connectivity index (χ4n) is 6.31. The lowest BCUT2D eigenvalue weighted by molar-refractivity contribution is 0.00578. The Balaban J connectivity index is 1.62. The van der Waals surface area contributed by atoms with E-state index in [1.54, 1.807) is 11.1 Å². The molecule has 4 aliphatic rings. The number of allylic oxidation sites excluding steroid dienone is 2. The molecule has 0 aromatic rings. The van der Waals surface area contributed by atoms with Crippen LogP contribution in [0.2, 0.25) is 12.6 Å². The topological polar surface area (TPSA) is 18.5 Å². The molecule has 2 heterocycles. The van der Waals surface area contributed by atoms with Gasteiger partial charge in [-0.15, -0.1) is 23.8 Å². The Labute approximate surface area is 155 Å². The highest BCUT2D eigenvalue weighted by atomic mass is 16.7. The van der Waals surface area contributed by atoms with Gasteiger partial charge in [-0.25, -0.2) is 0 Å². The Morgan fingerprint density at radius 2 is 1.00 bits per heavy atom. The monoisotopic (exact) mass is 345 g/mol. The van der Waals surface area contributed by atoms with Crippen LogP contribution in [0.5, 0.6) is 0 Å². The quantitative estimate of drug-likeness (QED) is 0.420. The molecule has 2 saturated carbocycles. The van der Waals surface area contributed by atoms with Gasteiger partial charge in [0.2, 0.25) is 6.55 Å². The zero-order valence-electron chi connectivity index (χ0n) is 17.0. The van der Waals surface area contributed by atoms with Crippen LogP contribution in [0.25, 0.3) is 0 Å². The van der Waals surface area contributed by atoms with Gasteiger partial charge in [-0.2, -0.15) is 0 Å². The Bertz CT molecular complexity index is 488. The van der Waals surface area contributed by atoms with Crippen molar-refractivity contribution in [2.45, 2.75) is 116 Å². The third-order valence-electron chi connectivity index (χ3n) is 8.14. The lowest BCUT2D eigenvalue weighted by atomic mass is 9.53. The predicted molar refractivity (Wildman–Crippen MR) is 106 cm³/mol. The van der Waals surface area contributed by atoms with E-state index < -0.39 is 6.55 Å². The van der Waals surface area contributed by atoms with Crippen LogP contribution in [0.3, 0.4) is 0 Å². The molecule has 0 unspecified atom stereocenters. The van der Waals surface area contributed by atoms with Crippen LogP contribution in [0.4, 0.5) is 0 Å². The van der Waals surface area contributed by atoms with Gasteiger partial charge in [0.05, 0.1) is 0 Å². The molecule has 2 aliphatic heterocycles. The second kappa shape index (κ2) is 6.41. The fraction of sp³-hybridized carbons (Fsp3) is 0.909. The number of hydrogen-bond donors (Lipinski definition) is 0. The van der Waals surface area contributed by atoms with Crippen LogP contribution in [0.1, 0.15) is 91.9 Å². The molecule has 4 rings (SSSR count). The van der Waals surface area contributed by atoms with Crippen LogP contribution < -0.4 is 0 Å². The van der Waals surface area contributed by atoms with Crippen molar-refractivity contribution in [1.29, 1.82) is 0 Å². The summed E-state index contributed by atoms with van der Waals surface area (Å²) in [6.07, 6.45) is 16.4. The van der Waals surface area contributed by atoms with Gasteiger partial charge in [0.1, 0.15) is 0 Å². The van der Waals surface area contributed by atoms with Gasteiger partial charge in [0, 0.05) is 11.2 Å². The first-order chi connectivity index (χ1) is 11.8. The van der Waals surface area contributed by atoms with Crippen LogP contribution in [-0.4, -0.2) is 17.8 Å². The molecule has 3 heteroatoms. The van der Waals surface area contributed by atoms with Gasteiger partial charge < -0.3 is 9.31 Å². The summed E-state index contributed by atoms with van der Waals surface area (Å²) in [6.45, 7) is 7.75. The van der Waals surface area contributed by atoms with E-state index in [-0.39, 0.29) is 11.2 Å². The van der Waals surface area contributed by atoms with Crippen molar-refractivity contribution in [2.75, 3.05) is 0 Å². The Morgan fingerprint density at radius 1 is 0.640 bits per heavy atom. The standard InChI is InChI=1S/C22H38BO2/c1-21(2)22(3,4)25-23(24-21)15-19(17-11-7-5-8-12-17)20(16-23)18-13-9-6-10-14-18/h17-18H,5-16H2,1-4H3/q-1. The minimum Gasteiger partial charge on any atom is -0.561 e. The molecule has 0 aromatic heterocycles. The maximum atomic E-state index is 6.75. The van der Waals surface area contributed by atoms with Crippen LogP contribution in [0.15, 0.2) is 11.1 Å². The zero-order valence-corrected chi connectivity index (χ0v) is 17.0. The first kappa shape index (κ1) is 18.1. The van der Waals surface area contributed by atoms with Gasteiger partial charge in [0.25, 0.3) is 0 Å². The molecule has 0 N–H and O–H groups in total. The van der Waals surface area contributed by atoms with Crippen molar-refractivity contribution in [1.82, 2.24) is 0 Å². The highest BCUT2D eigenvalue weighted by Gasteiger charge is 2.54. The van der Waals surface area contributed by atoms with Gasteiger partial charge in [-0.1, -0.05) is 38.5 Å². The fourth-order valence-corrected chi connectivity index (χ4v) is 6.31. The molecular formula is C22H38BO2-. The first-order valence-corrected chi connectivity index (χ1v) is 11.1. The number of hydrogen-bond acceptors (Lipinski definition) is 2. The smallest absolute Gasteiger partial charge is 0.249 e. The molecule has 2 aliphatic carbocycles. The van der Waals surface area contributed by atoms with E-state index in [4.69, 9.17) is 9.31 Å². The van der Waals surface area contributed by atoms with Crippen LogP contribution >= 0.6 is 0 Å². The second-order valence-corrected chi connectivity index (χ2v) is 10.4. The molecule has 1 spiro atoms. The van der Waals surface area contributed by atoms with Crippen molar-refractivity contribution in [3.05, 3.63) is 11.1 Å². The third kappa shape index (κ3) is 3.25. The number of rotatable bonds is 2. The van der Waals surface area contributed by atoms with Gasteiger partial charge >= 0.3 is 0 Å². The summed E-state index contributed by atoms with van der Waals surface area (Å²) in [6, 6.07) is 0. The molecule has 3 fully saturated rings. The van der Waals surface area contributed by atoms with Gasteiger partial charge in [-0.3, -0.25) is 0 Å². The zero-order chi connectivity index (χ0) is 17.7. The Hall–Kier alpha value is -0.275. The summed E-state index contributed by atoms with van der Waals surface area (Å²) >= 11 is 0. The van der Waals surface area contributed by atoms with E-state index in [2.05, 4.69) is 27.7 Å². The van der Waals surface area contributed by atoms with Crippen LogP contribution in [0, 0.1) is 11.8 Å². The highest BCUT2D eigenvalue weighted by Crippen LogP contribution is 2.55. The predicted octanol–water partition coefficient (Wildman–Crippen LogP) is 6.50. The minimum absolute atomic E-state index is 0.188. The first-order valence-electron chi connectivity index (χ1n) is 11.1. The summed E-state index contributed by atoms with van der Waals surface area (Å²) in [7, 11) is 0. The summed E-state index contributed by atoms with van der Waals surface area (Å²) in [5.41, 5.74) is 3.21. The maximum absolute atomic E-state index is 6.75. The average Bonchev–Trinajstić information content (AvgIpc) is 3.02. The van der Waals surface area contributed by atoms with E-state index in [9.17, 15) is 0 Å². The summed E-state index contributed by atoms with van der Waals surface area (Å²) in [5.74, 6) is 1.65. The van der Waals surface area contributed by atoms with Crippen molar-refractivity contribution >= 4 is 6.55 Å². The third-order valence-corrected chi connectivity index (χ3v) is 8.14. The lowest BCUT2D eigenvalue weighted by Crippen LogP contribution is -2.41. The molecule has 0 aromatic carbocycles. The normalized spacial score (nSPS) is 32.6. The second-order valence-electron chi connectivity index (χ2n) is 10.4. The van der Waals surface area contributed by atoms with Crippen molar-refractivity contribution < 1.29 is 9.31 Å². The minimum atomic E-state index is -1.15. The molecule has 0 amide bonds. The molecule has 142 valence electrons. The summed E-state index contributed by atoms with van der Waals surface area (Å²) in [5, 5.41) is 0. The van der Waals surface area contributed by atoms with E-state index in [1.807, 2.05) is 0 Å². The summed E-state index contributed by atoms with van der Waals surface area (Å²) < 4.78 is 13.5. The molecule has 2 nitrogen and oxygen atoms in total. The molecule has 0 radical (unpaired) electrons. The summed E-state index contributed by atoms with van der Waals surface area (Å²) in [4.78, 5) is 0. The molecule has 25 heavy (non-hydrogen) atoms. The van der Waals surface area contributed by atoms with Gasteiger partial charge in [-0.05, 0) is 65.2 Å². The van der Waals surface area contributed by atoms with Crippen molar-refractivity contribution in [3.63, 3.8) is 0 Å². The lowest BCUT2D eigenvalue weighted by Gasteiger charge is -2.37. The van der Waals surface area contributed by atoms with Gasteiger partial charge in [0.15, 0.2) is 0 Å². The average molecular weight is 345 g/mol. The molecular weight excluding hydrogens is 307 g/mol. The molecule has 0 atom stereocenters. The van der Waals surface area contributed by atoms with E-state index in [0.29, 0.717) is 0 Å². The van der Waals surface area contributed by atoms with Crippen molar-refractivity contribution in [2.24, 2.45) is 11.8 Å². The van der Waals surface area contributed by atoms with E-state index in [1.165, 1.54) is 64.2 Å². The van der Waals surface area contributed by atoms with Crippen LogP contribution in [-0.2, 0) is 9.31 Å². The Kier molecular flexibility index (Phi) is 4.64. The molecule has 1 saturated heterocycles. The maximum Gasteiger partial charge on any atom is 0.249 e. The highest BCUT2D eigenvalue weighted by molar-refractivity contribution is 6.70. The Morgan fingerprint density at radius 3 is 1.36 bits per heavy atom. The van der Waals surface area contributed by atoms with E-state index in [0.717, 1.165) is 24.5 Å². The largest absolute Gasteiger partial charge is 0.561 e. The SMILES string of the molecule is CC1(C)O[B-]2(CC(C3CCCCC3)=C(C3CCCCC3)C2)OC1(C)C.